The second-order valence-electron chi connectivity index (χ2n) is 6.00. The lowest BCUT2D eigenvalue weighted by Gasteiger charge is -2.26. The van der Waals surface area contributed by atoms with Gasteiger partial charge in [0.1, 0.15) is 5.82 Å². The number of carbonyl (C=O) groups excluding carboxylic acids is 1. The van der Waals surface area contributed by atoms with Gasteiger partial charge in [0.25, 0.3) is 0 Å². The van der Waals surface area contributed by atoms with Gasteiger partial charge in [-0.2, -0.15) is 0 Å². The second kappa shape index (κ2) is 7.02. The minimum atomic E-state index is -0.904. The molecule has 0 fully saturated rings. The number of amides is 1. The topological polar surface area (TPSA) is 80.0 Å². The molecule has 2 heterocycles. The number of hydrogen-bond acceptors (Lipinski definition) is 4. The Morgan fingerprint density at radius 3 is 2.67 bits per heavy atom. The molecule has 0 saturated heterocycles. The maximum atomic E-state index is 12.2. The number of fused-ring (bicyclic) bond motifs is 1. The first-order valence-corrected chi connectivity index (χ1v) is 8.02. The van der Waals surface area contributed by atoms with Crippen LogP contribution in [0.15, 0.2) is 0 Å². The van der Waals surface area contributed by atoms with Gasteiger partial charge in [-0.3, -0.25) is 14.7 Å². The van der Waals surface area contributed by atoms with Crippen molar-refractivity contribution in [2.75, 3.05) is 5.32 Å². The maximum Gasteiger partial charge on any atom is 0.231 e. The van der Waals surface area contributed by atoms with Gasteiger partial charge in [-0.25, -0.2) is 0 Å². The molecule has 0 saturated carbocycles. The van der Waals surface area contributed by atoms with Crippen LogP contribution in [0, 0.1) is 0 Å². The molecular weight excluding hydrogens is 268 g/mol. The molecule has 6 nitrogen and oxygen atoms in total. The molecule has 0 aliphatic carbocycles. The molecule has 2 N–H and O–H groups in total. The Bertz CT molecular complexity index is 478. The minimum Gasteiger partial charge on any atom is -0.389 e. The summed E-state index contributed by atoms with van der Waals surface area (Å²) in [7, 11) is 0. The molecule has 0 aromatic carbocycles. The molecule has 0 radical (unpaired) electrons. The van der Waals surface area contributed by atoms with E-state index in [9.17, 15) is 9.90 Å². The highest BCUT2D eigenvalue weighted by Crippen LogP contribution is 2.24. The highest BCUT2D eigenvalue weighted by atomic mass is 16.3. The van der Waals surface area contributed by atoms with Gasteiger partial charge in [-0.15, -0.1) is 10.2 Å². The van der Waals surface area contributed by atoms with Crippen LogP contribution in [0.2, 0.25) is 0 Å². The zero-order valence-corrected chi connectivity index (χ0v) is 13.1. The summed E-state index contributed by atoms with van der Waals surface area (Å²) < 4.78 is 1.97. The molecule has 1 aromatic heterocycles. The van der Waals surface area contributed by atoms with Crippen molar-refractivity contribution in [3.63, 3.8) is 0 Å². The van der Waals surface area contributed by atoms with Gasteiger partial charge < -0.3 is 5.11 Å². The van der Waals surface area contributed by atoms with Crippen molar-refractivity contribution in [3.05, 3.63) is 5.82 Å². The van der Waals surface area contributed by atoms with Gasteiger partial charge in [0.15, 0.2) is 0 Å². The SMILES string of the molecule is CCCC(O)(CCC)CC(=O)Nc1nnc2n1CCCC2. The Labute approximate surface area is 126 Å². The summed E-state index contributed by atoms with van der Waals surface area (Å²) in [5.74, 6) is 1.28. The van der Waals surface area contributed by atoms with E-state index in [1.54, 1.807) is 0 Å². The molecule has 1 aromatic rings. The summed E-state index contributed by atoms with van der Waals surface area (Å²) in [6.45, 7) is 4.90. The lowest BCUT2D eigenvalue weighted by molar-refractivity contribution is -0.121. The fourth-order valence-electron chi connectivity index (χ4n) is 3.10. The normalized spacial score (nSPS) is 14.8. The van der Waals surface area contributed by atoms with Crippen molar-refractivity contribution >= 4 is 11.9 Å². The molecule has 21 heavy (non-hydrogen) atoms. The second-order valence-corrected chi connectivity index (χ2v) is 6.00. The van der Waals surface area contributed by atoms with E-state index in [-0.39, 0.29) is 12.3 Å². The van der Waals surface area contributed by atoms with Gasteiger partial charge in [0.05, 0.1) is 12.0 Å². The van der Waals surface area contributed by atoms with Crippen molar-refractivity contribution in [3.8, 4) is 0 Å². The Hall–Kier alpha value is -1.43. The van der Waals surface area contributed by atoms with Crippen molar-refractivity contribution in [2.24, 2.45) is 0 Å². The van der Waals surface area contributed by atoms with Crippen LogP contribution < -0.4 is 5.32 Å². The van der Waals surface area contributed by atoms with E-state index in [0.717, 1.165) is 44.5 Å². The third-order valence-corrected chi connectivity index (χ3v) is 4.03. The Morgan fingerprint density at radius 1 is 1.29 bits per heavy atom. The molecule has 0 atom stereocenters. The van der Waals surface area contributed by atoms with Crippen LogP contribution in [0.3, 0.4) is 0 Å². The average Bonchev–Trinajstić information content (AvgIpc) is 2.82. The van der Waals surface area contributed by atoms with Crippen molar-refractivity contribution in [1.29, 1.82) is 0 Å². The fourth-order valence-corrected chi connectivity index (χ4v) is 3.10. The number of nitrogens with zero attached hydrogens (tertiary/aromatic N) is 3. The quantitative estimate of drug-likeness (QED) is 0.808. The molecule has 1 amide bonds. The highest BCUT2D eigenvalue weighted by molar-refractivity contribution is 5.89. The van der Waals surface area contributed by atoms with E-state index in [2.05, 4.69) is 15.5 Å². The summed E-state index contributed by atoms with van der Waals surface area (Å²) in [5.41, 5.74) is -0.904. The number of nitrogens with one attached hydrogen (secondary N) is 1. The van der Waals surface area contributed by atoms with Crippen LogP contribution in [0.4, 0.5) is 5.95 Å². The highest BCUT2D eigenvalue weighted by Gasteiger charge is 2.29. The molecule has 0 bridgehead atoms. The monoisotopic (exact) mass is 294 g/mol. The van der Waals surface area contributed by atoms with Crippen LogP contribution in [0.25, 0.3) is 0 Å². The summed E-state index contributed by atoms with van der Waals surface area (Å²) in [4.78, 5) is 12.2. The largest absolute Gasteiger partial charge is 0.389 e. The van der Waals surface area contributed by atoms with E-state index in [1.165, 1.54) is 0 Å². The molecule has 2 rings (SSSR count). The zero-order valence-electron chi connectivity index (χ0n) is 13.1. The Morgan fingerprint density at radius 2 is 2.00 bits per heavy atom. The number of rotatable bonds is 7. The molecular formula is C15H26N4O2. The zero-order chi connectivity index (χ0) is 15.3. The average molecular weight is 294 g/mol. The summed E-state index contributed by atoms with van der Waals surface area (Å²) in [6.07, 6.45) is 6.27. The molecule has 1 aliphatic heterocycles. The summed E-state index contributed by atoms with van der Waals surface area (Å²) in [6, 6.07) is 0. The number of aromatic nitrogens is 3. The third kappa shape index (κ3) is 4.03. The molecule has 0 spiro atoms. The molecule has 0 unspecified atom stereocenters. The van der Waals surface area contributed by atoms with E-state index in [1.807, 2.05) is 18.4 Å². The van der Waals surface area contributed by atoms with E-state index in [4.69, 9.17) is 0 Å². The fraction of sp³-hybridized carbons (Fsp3) is 0.800. The van der Waals surface area contributed by atoms with Crippen LogP contribution in [0.1, 0.15) is 64.6 Å². The lowest BCUT2D eigenvalue weighted by Crippen LogP contribution is -2.34. The predicted octanol–water partition coefficient (Wildman–Crippen LogP) is 2.27. The van der Waals surface area contributed by atoms with Gasteiger partial charge >= 0.3 is 0 Å². The van der Waals surface area contributed by atoms with Crippen LogP contribution in [-0.2, 0) is 17.8 Å². The van der Waals surface area contributed by atoms with Crippen LogP contribution in [-0.4, -0.2) is 31.4 Å². The van der Waals surface area contributed by atoms with Crippen LogP contribution >= 0.6 is 0 Å². The first kappa shape index (κ1) is 15.9. The van der Waals surface area contributed by atoms with Gasteiger partial charge in [-0.1, -0.05) is 26.7 Å². The number of carbonyl (C=O) groups is 1. The first-order valence-electron chi connectivity index (χ1n) is 8.02. The summed E-state index contributed by atoms with van der Waals surface area (Å²) in [5, 5.41) is 21.5. The third-order valence-electron chi connectivity index (χ3n) is 4.03. The number of hydrogen-bond donors (Lipinski definition) is 2. The smallest absolute Gasteiger partial charge is 0.231 e. The van der Waals surface area contributed by atoms with E-state index in [0.29, 0.717) is 18.8 Å². The van der Waals surface area contributed by atoms with Crippen molar-refractivity contribution < 1.29 is 9.90 Å². The van der Waals surface area contributed by atoms with Crippen molar-refractivity contribution in [2.45, 2.75) is 77.4 Å². The number of aryl methyl sites for hydroxylation is 1. The predicted molar refractivity (Wildman–Crippen MR) is 81.0 cm³/mol. The lowest BCUT2D eigenvalue weighted by atomic mass is 9.89. The maximum absolute atomic E-state index is 12.2. The van der Waals surface area contributed by atoms with E-state index >= 15 is 0 Å². The van der Waals surface area contributed by atoms with Gasteiger partial charge in [-0.05, 0) is 25.7 Å². The first-order chi connectivity index (χ1) is 10.1. The van der Waals surface area contributed by atoms with E-state index < -0.39 is 5.60 Å². The summed E-state index contributed by atoms with van der Waals surface area (Å²) >= 11 is 0. The number of anilines is 1. The standard InChI is InChI=1S/C15H26N4O2/c1-3-8-15(21,9-4-2)11-13(20)16-14-18-17-12-7-5-6-10-19(12)14/h21H,3-11H2,1-2H3,(H,16,18,20). The Kier molecular flexibility index (Phi) is 5.33. The number of aliphatic hydroxyl groups is 1. The minimum absolute atomic E-state index is 0.122. The van der Waals surface area contributed by atoms with Gasteiger partial charge in [0, 0.05) is 13.0 Å². The van der Waals surface area contributed by atoms with Gasteiger partial charge in [0.2, 0.25) is 11.9 Å². The van der Waals surface area contributed by atoms with Crippen molar-refractivity contribution in [1.82, 2.24) is 14.8 Å². The molecule has 1 aliphatic rings. The molecule has 118 valence electrons. The van der Waals surface area contributed by atoms with Crippen LogP contribution in [0.5, 0.6) is 0 Å². The Balaban J connectivity index is 1.99. The molecule has 6 heteroatoms.